The summed E-state index contributed by atoms with van der Waals surface area (Å²) in [4.78, 5) is 39.7. The molecule has 3 aliphatic carbocycles. The smallest absolute Gasteiger partial charge is 0.303 e. The topological polar surface area (TPSA) is 139 Å². The molecule has 1 heterocycles. The fourth-order valence-corrected chi connectivity index (χ4v) is 11.7. The Balaban J connectivity index is 2.10. The predicted molar refractivity (Wildman–Crippen MR) is 163 cm³/mol. The molecule has 12 heteroatoms. The lowest BCUT2D eigenvalue weighted by atomic mass is 9.44. The molecule has 2 N–H and O–H groups in total. The van der Waals surface area contributed by atoms with E-state index < -0.39 is 72.8 Å². The number of aliphatic hydroxyl groups is 2. The van der Waals surface area contributed by atoms with Crippen LogP contribution in [0.1, 0.15) is 75.2 Å². The van der Waals surface area contributed by atoms with Crippen LogP contribution in [0.2, 0.25) is 18.1 Å². The van der Waals surface area contributed by atoms with Crippen LogP contribution in [0.25, 0.3) is 0 Å². The van der Waals surface area contributed by atoms with Gasteiger partial charge in [-0.05, 0) is 50.0 Å². The highest BCUT2D eigenvalue weighted by molar-refractivity contribution is 6.73. The average Bonchev–Trinajstić information content (AvgIpc) is 2.97. The number of ether oxygens (including phenoxy) is 4. The van der Waals surface area contributed by atoms with Gasteiger partial charge in [0.05, 0.1) is 36.9 Å². The number of carbonyl (C=O) groups is 2. The average molecular weight is 643 g/mol. The molecule has 44 heavy (non-hydrogen) atoms. The van der Waals surface area contributed by atoms with E-state index >= 15 is 4.79 Å². The largest absolute Gasteiger partial charge is 0.454 e. The molecule has 8 unspecified atom stereocenters. The number of fused-ring (bicyclic) bond motifs is 5. The van der Waals surface area contributed by atoms with Crippen LogP contribution in [0.3, 0.4) is 0 Å². The van der Waals surface area contributed by atoms with Crippen molar-refractivity contribution in [3.63, 3.8) is 0 Å². The summed E-state index contributed by atoms with van der Waals surface area (Å²) in [5, 5.41) is 24.5. The van der Waals surface area contributed by atoms with Gasteiger partial charge in [-0.25, -0.2) is 9.78 Å². The van der Waals surface area contributed by atoms with Crippen LogP contribution in [0.15, 0.2) is 11.1 Å². The van der Waals surface area contributed by atoms with Gasteiger partial charge in [0.1, 0.15) is 18.5 Å². The molecular formula is C32H54O11Si. The first-order chi connectivity index (χ1) is 20.6. The Labute approximate surface area is 262 Å². The number of rotatable bonds is 12. The van der Waals surface area contributed by atoms with E-state index in [1.807, 2.05) is 20.8 Å². The van der Waals surface area contributed by atoms with Crippen LogP contribution in [0.5, 0.6) is 0 Å². The zero-order valence-electron chi connectivity index (χ0n) is 28.2. The van der Waals surface area contributed by atoms with Gasteiger partial charge in [-0.15, -0.1) is 0 Å². The Kier molecular flexibility index (Phi) is 10.3. The van der Waals surface area contributed by atoms with E-state index in [9.17, 15) is 15.0 Å². The fourth-order valence-electron chi connectivity index (χ4n) is 8.76. The molecule has 0 aromatic rings. The van der Waals surface area contributed by atoms with Crippen molar-refractivity contribution in [2.24, 2.45) is 16.7 Å². The van der Waals surface area contributed by atoms with Crippen LogP contribution in [-0.2, 0) is 42.7 Å². The number of hydrogen-bond acceptors (Lipinski definition) is 11. The summed E-state index contributed by atoms with van der Waals surface area (Å²) in [6, 6.07) is 2.55. The summed E-state index contributed by atoms with van der Waals surface area (Å²) in [6.45, 7) is 16.7. The van der Waals surface area contributed by atoms with Crippen molar-refractivity contribution in [2.45, 2.75) is 135 Å². The third-order valence-corrected chi connectivity index (χ3v) is 16.3. The summed E-state index contributed by atoms with van der Waals surface area (Å²) in [7, 11) is -0.854. The monoisotopic (exact) mass is 642 g/mol. The second kappa shape index (κ2) is 12.8. The maximum absolute atomic E-state index is 15.5. The van der Waals surface area contributed by atoms with Gasteiger partial charge in [0.2, 0.25) is 0 Å². The van der Waals surface area contributed by atoms with Gasteiger partial charge in [0.15, 0.2) is 25.8 Å². The zero-order chi connectivity index (χ0) is 32.9. The van der Waals surface area contributed by atoms with E-state index in [4.69, 9.17) is 33.1 Å². The van der Waals surface area contributed by atoms with E-state index in [1.165, 1.54) is 14.0 Å². The van der Waals surface area contributed by atoms with Crippen LogP contribution < -0.4 is 0 Å². The van der Waals surface area contributed by atoms with Crippen molar-refractivity contribution in [2.75, 3.05) is 27.1 Å². The van der Waals surface area contributed by atoms with Crippen LogP contribution in [0.4, 0.5) is 0 Å². The van der Waals surface area contributed by atoms with Crippen molar-refractivity contribution in [3.05, 3.63) is 11.1 Å². The molecule has 4 rings (SSSR count). The molecule has 0 spiro atoms. The van der Waals surface area contributed by atoms with E-state index in [-0.39, 0.29) is 32.2 Å². The van der Waals surface area contributed by atoms with Crippen molar-refractivity contribution < 1.29 is 53.0 Å². The molecule has 2 bridgehead atoms. The lowest BCUT2D eigenvalue weighted by Crippen LogP contribution is -2.82. The quantitative estimate of drug-likeness (QED) is 0.0802. The van der Waals surface area contributed by atoms with Crippen LogP contribution in [-0.4, -0.2) is 99.1 Å². The molecule has 0 radical (unpaired) electrons. The van der Waals surface area contributed by atoms with Crippen LogP contribution in [0, 0.1) is 16.7 Å². The van der Waals surface area contributed by atoms with Gasteiger partial charge in [0, 0.05) is 38.2 Å². The number of esters is 1. The molecule has 0 aromatic carbocycles. The number of ketones is 1. The van der Waals surface area contributed by atoms with Gasteiger partial charge in [-0.2, -0.15) is 0 Å². The molecule has 4 aliphatic rings. The minimum Gasteiger partial charge on any atom is -0.454 e. The molecule has 0 amide bonds. The Morgan fingerprint density at radius 2 is 1.75 bits per heavy atom. The fraction of sp³-hybridized carbons (Fsp3) is 0.875. The first kappa shape index (κ1) is 35.6. The minimum atomic E-state index is -2.33. The van der Waals surface area contributed by atoms with E-state index in [0.717, 1.165) is 18.1 Å². The number of carbonyl (C=O) groups excluding carboxylic acids is 2. The number of Topliss-reactive ketones (excluding diaryl/α,β-unsaturated/α-hetero) is 1. The van der Waals surface area contributed by atoms with Gasteiger partial charge in [-0.3, -0.25) is 9.59 Å². The third kappa shape index (κ3) is 5.16. The van der Waals surface area contributed by atoms with Crippen molar-refractivity contribution in [3.8, 4) is 0 Å². The molecule has 3 fully saturated rings. The first-order valence-electron chi connectivity index (χ1n) is 16.1. The van der Waals surface area contributed by atoms with Gasteiger partial charge in [-0.1, -0.05) is 34.6 Å². The number of aliphatic hydroxyl groups excluding tert-OH is 1. The Hall–Kier alpha value is -1.22. The van der Waals surface area contributed by atoms with Gasteiger partial charge >= 0.3 is 5.97 Å². The summed E-state index contributed by atoms with van der Waals surface area (Å²) < 4.78 is 31.4. The summed E-state index contributed by atoms with van der Waals surface area (Å²) in [5.41, 5.74) is -4.68. The zero-order valence-corrected chi connectivity index (χ0v) is 29.2. The maximum atomic E-state index is 15.5. The Morgan fingerprint density at radius 1 is 1.11 bits per heavy atom. The Morgan fingerprint density at radius 3 is 2.25 bits per heavy atom. The molecular weight excluding hydrogens is 588 g/mol. The molecule has 11 nitrogen and oxygen atoms in total. The lowest BCUT2D eigenvalue weighted by molar-refractivity contribution is -0.361. The molecule has 1 aliphatic heterocycles. The van der Waals surface area contributed by atoms with E-state index in [1.54, 1.807) is 13.8 Å². The Bertz CT molecular complexity index is 1110. The summed E-state index contributed by atoms with van der Waals surface area (Å²) in [5.74, 6) is -1.83. The summed E-state index contributed by atoms with van der Waals surface area (Å²) in [6.07, 6.45) is -4.57. The van der Waals surface area contributed by atoms with Crippen molar-refractivity contribution >= 4 is 20.1 Å². The van der Waals surface area contributed by atoms with Crippen molar-refractivity contribution in [1.82, 2.24) is 0 Å². The van der Waals surface area contributed by atoms with Crippen LogP contribution >= 0.6 is 0 Å². The normalized spacial score (nSPS) is 40.0. The number of methoxy groups -OCH3 is 1. The molecule has 1 saturated heterocycles. The predicted octanol–water partition coefficient (Wildman–Crippen LogP) is 3.85. The van der Waals surface area contributed by atoms with Gasteiger partial charge in [0.25, 0.3) is 0 Å². The highest BCUT2D eigenvalue weighted by atomic mass is 28.4. The molecule has 0 aromatic heterocycles. The second-order valence-corrected chi connectivity index (χ2v) is 18.5. The lowest BCUT2D eigenvalue weighted by Gasteiger charge is -2.68. The van der Waals surface area contributed by atoms with Gasteiger partial charge < -0.3 is 33.6 Å². The highest BCUT2D eigenvalue weighted by Gasteiger charge is 2.78. The highest BCUT2D eigenvalue weighted by Crippen LogP contribution is 2.65. The molecule has 252 valence electrons. The first-order valence-corrected chi connectivity index (χ1v) is 18.7. The molecule has 9 atom stereocenters. The second-order valence-electron chi connectivity index (χ2n) is 13.8. The third-order valence-electron chi connectivity index (χ3n) is 11.6. The minimum absolute atomic E-state index is 0.0139. The number of hydrogen-bond donors (Lipinski definition) is 2. The van der Waals surface area contributed by atoms with Crippen molar-refractivity contribution in [1.29, 1.82) is 0 Å². The summed E-state index contributed by atoms with van der Waals surface area (Å²) >= 11 is 0. The standard InChI is InChI=1S/C32H54O11Si/c1-11-40-42-25-24-19(5)21(34)16-32(36,29(24,7)8)28(39-18-37-10)26-30(9,27(25)35)22(43-44(12-2,13-3)14-4)15-23-31(26,17-38-23)41-20(6)33/h21-23,25-26,28,34,36H,11-18H2,1-10H3/t21?,22?,23?,25?,26?,28?,30-,31?,32?/m1/s1. The van der Waals surface area contributed by atoms with E-state index in [2.05, 4.69) is 20.8 Å². The molecule has 2 saturated carbocycles. The SMILES string of the molecule is CCOOC1C(=O)[C@]2(C)C(O[Si](CC)(CC)CC)CC3OCC3(OC(C)=O)C2C(OCOC)C2(O)CC(O)C(C)=C1C2(C)C. The maximum Gasteiger partial charge on any atom is 0.303 e. The van der Waals surface area contributed by atoms with E-state index in [0.29, 0.717) is 17.6 Å².